The maximum atomic E-state index is 11.3. The Kier molecular flexibility index (Phi) is 3.31. The summed E-state index contributed by atoms with van der Waals surface area (Å²) >= 11 is 0. The predicted octanol–water partition coefficient (Wildman–Crippen LogP) is 1.46. The van der Waals surface area contributed by atoms with Crippen molar-refractivity contribution in [3.8, 4) is 0 Å². The Morgan fingerprint density at radius 2 is 2.15 bits per heavy atom. The van der Waals surface area contributed by atoms with Crippen LogP contribution in [0.25, 0.3) is 0 Å². The molecule has 0 radical (unpaired) electrons. The number of ether oxygens (including phenoxy) is 1. The van der Waals surface area contributed by atoms with Gasteiger partial charge in [0.05, 0.1) is 12.5 Å². The van der Waals surface area contributed by atoms with Crippen molar-refractivity contribution >= 4 is 5.97 Å². The highest BCUT2D eigenvalue weighted by molar-refractivity contribution is 5.70. The maximum absolute atomic E-state index is 11.3. The predicted molar refractivity (Wildman–Crippen MR) is 51.2 cm³/mol. The summed E-state index contributed by atoms with van der Waals surface area (Å²) in [4.78, 5) is 11.3. The van der Waals surface area contributed by atoms with Gasteiger partial charge in [-0.15, -0.1) is 0 Å². The monoisotopic (exact) mass is 185 g/mol. The molecule has 1 fully saturated rings. The second-order valence-corrected chi connectivity index (χ2v) is 4.27. The van der Waals surface area contributed by atoms with E-state index in [1.807, 2.05) is 13.8 Å². The molecule has 2 N–H and O–H groups in total. The van der Waals surface area contributed by atoms with Crippen LogP contribution in [-0.4, -0.2) is 18.6 Å². The van der Waals surface area contributed by atoms with Crippen LogP contribution >= 0.6 is 0 Å². The average molecular weight is 185 g/mol. The van der Waals surface area contributed by atoms with Crippen LogP contribution in [0.5, 0.6) is 0 Å². The van der Waals surface area contributed by atoms with Crippen molar-refractivity contribution < 1.29 is 9.53 Å². The first-order valence-corrected chi connectivity index (χ1v) is 4.97. The molecule has 0 saturated heterocycles. The molecule has 0 aromatic carbocycles. The summed E-state index contributed by atoms with van der Waals surface area (Å²) < 4.78 is 5.09. The van der Waals surface area contributed by atoms with Crippen LogP contribution in [-0.2, 0) is 9.53 Å². The lowest BCUT2D eigenvalue weighted by atomic mass is 9.67. The zero-order valence-electron chi connectivity index (χ0n) is 8.51. The van der Waals surface area contributed by atoms with Crippen LogP contribution in [0.2, 0.25) is 0 Å². The van der Waals surface area contributed by atoms with E-state index in [0.717, 1.165) is 12.8 Å². The summed E-state index contributed by atoms with van der Waals surface area (Å²) in [5, 5.41) is 0. The van der Waals surface area contributed by atoms with Gasteiger partial charge in [0, 0.05) is 0 Å². The third kappa shape index (κ3) is 2.69. The number of carbonyl (C=O) groups excluding carboxylic acids is 1. The first kappa shape index (κ1) is 10.5. The van der Waals surface area contributed by atoms with Crippen molar-refractivity contribution in [2.75, 3.05) is 6.54 Å². The van der Waals surface area contributed by atoms with Gasteiger partial charge in [0.1, 0.15) is 0 Å². The van der Waals surface area contributed by atoms with Crippen LogP contribution in [0.3, 0.4) is 0 Å². The molecule has 0 bridgehead atoms. The minimum atomic E-state index is -0.0971. The Labute approximate surface area is 79.6 Å². The topological polar surface area (TPSA) is 52.3 Å². The molecule has 0 aromatic heterocycles. The normalized spacial score (nSPS) is 19.7. The molecule has 0 atom stereocenters. The SMILES string of the molecule is CC(C)OC(=O)CC1(CN)CCC1. The largest absolute Gasteiger partial charge is 0.463 e. The number of esters is 1. The molecule has 1 rings (SSSR count). The summed E-state index contributed by atoms with van der Waals surface area (Å²) in [6.45, 7) is 4.35. The molecule has 0 unspecified atom stereocenters. The fourth-order valence-electron chi connectivity index (χ4n) is 1.74. The molecule has 0 heterocycles. The quantitative estimate of drug-likeness (QED) is 0.674. The van der Waals surface area contributed by atoms with Crippen LogP contribution < -0.4 is 5.73 Å². The lowest BCUT2D eigenvalue weighted by molar-refractivity contribution is -0.151. The third-order valence-electron chi connectivity index (χ3n) is 2.73. The molecule has 0 spiro atoms. The molecule has 1 saturated carbocycles. The van der Waals surface area contributed by atoms with Crippen molar-refractivity contribution in [2.45, 2.75) is 45.6 Å². The smallest absolute Gasteiger partial charge is 0.306 e. The number of hydrogen-bond donors (Lipinski definition) is 1. The van der Waals surface area contributed by atoms with Crippen molar-refractivity contribution in [1.82, 2.24) is 0 Å². The van der Waals surface area contributed by atoms with E-state index in [4.69, 9.17) is 10.5 Å². The van der Waals surface area contributed by atoms with Crippen LogP contribution in [0.1, 0.15) is 39.5 Å². The van der Waals surface area contributed by atoms with E-state index in [1.54, 1.807) is 0 Å². The van der Waals surface area contributed by atoms with Gasteiger partial charge in [-0.1, -0.05) is 6.42 Å². The summed E-state index contributed by atoms with van der Waals surface area (Å²) in [5.41, 5.74) is 5.72. The molecule has 3 heteroatoms. The standard InChI is InChI=1S/C10H19NO2/c1-8(2)13-9(12)6-10(7-11)4-3-5-10/h8H,3-7,11H2,1-2H3. The van der Waals surface area contributed by atoms with Crippen LogP contribution in [0.15, 0.2) is 0 Å². The summed E-state index contributed by atoms with van der Waals surface area (Å²) in [6.07, 6.45) is 3.85. The Morgan fingerprint density at radius 1 is 1.54 bits per heavy atom. The van der Waals surface area contributed by atoms with Crippen LogP contribution in [0.4, 0.5) is 0 Å². The molecule has 0 amide bonds. The van der Waals surface area contributed by atoms with Gasteiger partial charge in [0.25, 0.3) is 0 Å². The molecule has 1 aliphatic carbocycles. The first-order chi connectivity index (χ1) is 6.08. The second-order valence-electron chi connectivity index (χ2n) is 4.27. The van der Waals surface area contributed by atoms with Crippen LogP contribution in [0, 0.1) is 5.41 Å². The zero-order chi connectivity index (χ0) is 9.90. The number of carbonyl (C=O) groups is 1. The molecule has 0 aromatic rings. The van der Waals surface area contributed by atoms with Crippen molar-refractivity contribution in [1.29, 1.82) is 0 Å². The van der Waals surface area contributed by atoms with E-state index in [2.05, 4.69) is 0 Å². The fraction of sp³-hybridized carbons (Fsp3) is 0.900. The highest BCUT2D eigenvalue weighted by Crippen LogP contribution is 2.43. The lowest BCUT2D eigenvalue weighted by Crippen LogP contribution is -2.39. The van der Waals surface area contributed by atoms with Gasteiger partial charge in [-0.3, -0.25) is 4.79 Å². The van der Waals surface area contributed by atoms with Crippen molar-refractivity contribution in [2.24, 2.45) is 11.1 Å². The molecule has 3 nitrogen and oxygen atoms in total. The van der Waals surface area contributed by atoms with Gasteiger partial charge < -0.3 is 10.5 Å². The second kappa shape index (κ2) is 4.09. The molecule has 76 valence electrons. The van der Waals surface area contributed by atoms with Crippen molar-refractivity contribution in [3.63, 3.8) is 0 Å². The highest BCUT2D eigenvalue weighted by Gasteiger charge is 2.38. The third-order valence-corrected chi connectivity index (χ3v) is 2.73. The average Bonchev–Trinajstić information content (AvgIpc) is 1.95. The summed E-state index contributed by atoms with van der Waals surface area (Å²) in [5.74, 6) is -0.0971. The Bertz CT molecular complexity index is 180. The Morgan fingerprint density at radius 3 is 2.46 bits per heavy atom. The lowest BCUT2D eigenvalue weighted by Gasteiger charge is -2.40. The first-order valence-electron chi connectivity index (χ1n) is 4.97. The minimum absolute atomic E-state index is 0.0117. The minimum Gasteiger partial charge on any atom is -0.463 e. The van der Waals surface area contributed by atoms with Gasteiger partial charge in [0.15, 0.2) is 0 Å². The maximum Gasteiger partial charge on any atom is 0.306 e. The Balaban J connectivity index is 2.34. The van der Waals surface area contributed by atoms with E-state index >= 15 is 0 Å². The van der Waals surface area contributed by atoms with Crippen molar-refractivity contribution in [3.05, 3.63) is 0 Å². The van der Waals surface area contributed by atoms with E-state index in [1.165, 1.54) is 6.42 Å². The Hall–Kier alpha value is -0.570. The van der Waals surface area contributed by atoms with E-state index in [-0.39, 0.29) is 17.5 Å². The highest BCUT2D eigenvalue weighted by atomic mass is 16.5. The zero-order valence-corrected chi connectivity index (χ0v) is 8.51. The summed E-state index contributed by atoms with van der Waals surface area (Å²) in [7, 11) is 0. The van der Waals surface area contributed by atoms with E-state index in [0.29, 0.717) is 13.0 Å². The fourth-order valence-corrected chi connectivity index (χ4v) is 1.74. The van der Waals surface area contributed by atoms with E-state index < -0.39 is 0 Å². The molecule has 1 aliphatic rings. The summed E-state index contributed by atoms with van der Waals surface area (Å²) in [6, 6.07) is 0. The van der Waals surface area contributed by atoms with Gasteiger partial charge in [-0.05, 0) is 38.6 Å². The van der Waals surface area contributed by atoms with Gasteiger partial charge in [-0.25, -0.2) is 0 Å². The molecular formula is C10H19NO2. The van der Waals surface area contributed by atoms with Gasteiger partial charge >= 0.3 is 5.97 Å². The number of nitrogens with two attached hydrogens (primary N) is 1. The number of hydrogen-bond acceptors (Lipinski definition) is 3. The number of rotatable bonds is 4. The molecule has 13 heavy (non-hydrogen) atoms. The molecule has 0 aliphatic heterocycles. The molecular weight excluding hydrogens is 166 g/mol. The van der Waals surface area contributed by atoms with Gasteiger partial charge in [-0.2, -0.15) is 0 Å². The van der Waals surface area contributed by atoms with E-state index in [9.17, 15) is 4.79 Å². The van der Waals surface area contributed by atoms with Gasteiger partial charge in [0.2, 0.25) is 0 Å².